The van der Waals surface area contributed by atoms with Crippen molar-refractivity contribution in [3.05, 3.63) is 53.9 Å². The number of ether oxygens (including phenoxy) is 2. The number of nitrogens with one attached hydrogen (secondary N) is 2. The van der Waals surface area contributed by atoms with Crippen LogP contribution >= 0.6 is 11.3 Å². The van der Waals surface area contributed by atoms with Crippen LogP contribution in [0.1, 0.15) is 65.7 Å². The normalized spacial score (nSPS) is 27.1. The molecule has 13 heteroatoms. The summed E-state index contributed by atoms with van der Waals surface area (Å²) >= 11 is 1.49. The van der Waals surface area contributed by atoms with Crippen molar-refractivity contribution in [1.29, 1.82) is 0 Å². The Morgan fingerprint density at radius 2 is 1.85 bits per heavy atom. The van der Waals surface area contributed by atoms with Crippen LogP contribution in [-0.4, -0.2) is 79.7 Å². The van der Waals surface area contributed by atoms with E-state index in [0.717, 1.165) is 24.1 Å². The van der Waals surface area contributed by atoms with Gasteiger partial charge in [0.05, 0.1) is 22.5 Å². The van der Waals surface area contributed by atoms with Crippen molar-refractivity contribution in [3.63, 3.8) is 0 Å². The highest BCUT2D eigenvalue weighted by molar-refractivity contribution is 7.13. The average molecular weight is 676 g/mol. The number of carboxylic acids is 1. The van der Waals surface area contributed by atoms with Gasteiger partial charge in [-0.15, -0.1) is 11.3 Å². The molecule has 0 unspecified atom stereocenters. The van der Waals surface area contributed by atoms with Crippen LogP contribution < -0.4 is 15.4 Å². The van der Waals surface area contributed by atoms with Crippen molar-refractivity contribution in [1.82, 2.24) is 25.5 Å². The largest absolute Gasteiger partial charge is 0.479 e. The Morgan fingerprint density at radius 3 is 2.56 bits per heavy atom. The molecule has 2 aliphatic heterocycles. The number of alkyl carbamates (subject to hydrolysis) is 1. The van der Waals surface area contributed by atoms with Gasteiger partial charge in [-0.2, -0.15) is 0 Å². The number of carboxylic acid groups (broad SMARTS) is 1. The molecule has 48 heavy (non-hydrogen) atoms. The number of amides is 3. The second-order valence-electron chi connectivity index (χ2n) is 13.7. The SMILES string of the molecule is CC(C)(C)OC(=O)N[C@@H]1CCCCC/C=C\[C@@H]2C[C@@]2(C(=O)O)NC(=O)[C@@H]2C[C@H](Oc3nc4ccccc4nc3-c3cccs3)CN2C1=O. The summed E-state index contributed by atoms with van der Waals surface area (Å²) in [6.45, 7) is 5.24. The molecule has 3 N–H and O–H groups in total. The van der Waals surface area contributed by atoms with Crippen LogP contribution in [0.5, 0.6) is 5.88 Å². The number of hydrogen-bond acceptors (Lipinski definition) is 9. The molecule has 1 aliphatic carbocycles. The van der Waals surface area contributed by atoms with Crippen LogP contribution in [0.4, 0.5) is 4.79 Å². The number of rotatable bonds is 5. The summed E-state index contributed by atoms with van der Waals surface area (Å²) in [5.74, 6) is -2.23. The predicted octanol–water partition coefficient (Wildman–Crippen LogP) is 5.08. The van der Waals surface area contributed by atoms with Gasteiger partial charge in [0.1, 0.15) is 35.0 Å². The number of nitrogens with zero attached hydrogens (tertiary/aromatic N) is 3. The lowest BCUT2D eigenvalue weighted by molar-refractivity contribution is -0.145. The fourth-order valence-electron chi connectivity index (χ4n) is 6.39. The predicted molar refractivity (Wildman–Crippen MR) is 179 cm³/mol. The molecule has 0 spiro atoms. The first-order valence-electron chi connectivity index (χ1n) is 16.4. The Morgan fingerprint density at radius 1 is 1.08 bits per heavy atom. The molecular weight excluding hydrogens is 634 g/mol. The summed E-state index contributed by atoms with van der Waals surface area (Å²) in [4.78, 5) is 65.5. The number of carbonyl (C=O) groups is 4. The van der Waals surface area contributed by atoms with Crippen LogP contribution in [0.15, 0.2) is 53.9 Å². The Bertz CT molecular complexity index is 1720. The first-order chi connectivity index (χ1) is 22.9. The van der Waals surface area contributed by atoms with Crippen molar-refractivity contribution in [2.75, 3.05) is 6.54 Å². The van der Waals surface area contributed by atoms with E-state index >= 15 is 0 Å². The molecule has 4 heterocycles. The standard InChI is InChI=1S/C35H41N5O7S/c1-34(2,3)47-33(45)38-25-15-8-6-4-5-7-12-21-19-35(21,32(43)44)39-29(41)26-18-22(20-40(26)31(25)42)46-30-28(27-16-11-17-48-27)36-23-13-9-10-14-24(23)37-30/h7,9-14,16-17,21-22,25-26H,4-6,8,15,18-20H2,1-3H3,(H,38,45)(H,39,41)(H,43,44)/b12-7-/t21-,22+,25-,26+,35-/m1/s1. The van der Waals surface area contributed by atoms with Gasteiger partial charge in [-0.05, 0) is 70.0 Å². The number of benzene rings is 1. The van der Waals surface area contributed by atoms with Crippen LogP contribution in [-0.2, 0) is 19.1 Å². The van der Waals surface area contributed by atoms with Gasteiger partial charge in [0.2, 0.25) is 17.7 Å². The highest BCUT2D eigenvalue weighted by Gasteiger charge is 2.61. The minimum absolute atomic E-state index is 0.0191. The molecule has 1 saturated heterocycles. The second-order valence-corrected chi connectivity index (χ2v) is 14.6. The molecule has 254 valence electrons. The van der Waals surface area contributed by atoms with Gasteiger partial charge >= 0.3 is 12.1 Å². The van der Waals surface area contributed by atoms with Crippen molar-refractivity contribution >= 4 is 46.2 Å². The van der Waals surface area contributed by atoms with Crippen molar-refractivity contribution in [2.24, 2.45) is 5.92 Å². The van der Waals surface area contributed by atoms with E-state index in [2.05, 4.69) is 10.6 Å². The van der Waals surface area contributed by atoms with E-state index in [4.69, 9.17) is 19.4 Å². The van der Waals surface area contributed by atoms with Crippen LogP contribution in [0.3, 0.4) is 0 Å². The molecule has 0 bridgehead atoms. The van der Waals surface area contributed by atoms with Gasteiger partial charge in [0.25, 0.3) is 0 Å². The maximum atomic E-state index is 14.3. The summed E-state index contributed by atoms with van der Waals surface area (Å²) in [7, 11) is 0. The van der Waals surface area contributed by atoms with Crippen LogP contribution in [0.2, 0.25) is 0 Å². The minimum atomic E-state index is -1.44. The maximum absolute atomic E-state index is 14.3. The Kier molecular flexibility index (Phi) is 9.41. The van der Waals surface area contributed by atoms with Gasteiger partial charge in [-0.25, -0.2) is 19.6 Å². The smallest absolute Gasteiger partial charge is 0.408 e. The van der Waals surface area contributed by atoms with E-state index in [0.29, 0.717) is 29.6 Å². The van der Waals surface area contributed by atoms with Crippen molar-refractivity contribution < 1.29 is 33.8 Å². The number of fused-ring (bicyclic) bond motifs is 3. The van der Waals surface area contributed by atoms with Gasteiger partial charge in [0, 0.05) is 12.3 Å². The van der Waals surface area contributed by atoms with E-state index < -0.39 is 53.2 Å². The summed E-state index contributed by atoms with van der Waals surface area (Å²) < 4.78 is 12.0. The topological polar surface area (TPSA) is 160 Å². The van der Waals surface area contributed by atoms with E-state index in [9.17, 15) is 24.3 Å². The molecular formula is C35H41N5O7S. The Balaban J connectivity index is 1.32. The summed E-state index contributed by atoms with van der Waals surface area (Å²) in [5.41, 5.74) is -0.337. The minimum Gasteiger partial charge on any atom is -0.479 e. The molecule has 2 fully saturated rings. The second kappa shape index (κ2) is 13.5. The van der Waals surface area contributed by atoms with E-state index in [1.807, 2.05) is 53.9 Å². The monoisotopic (exact) mass is 675 g/mol. The highest BCUT2D eigenvalue weighted by atomic mass is 32.1. The number of para-hydroxylation sites is 2. The molecule has 5 atom stereocenters. The first kappa shape index (κ1) is 33.4. The van der Waals surface area contributed by atoms with Gasteiger partial charge in [-0.1, -0.05) is 43.2 Å². The third kappa shape index (κ3) is 7.30. The fourth-order valence-corrected chi connectivity index (χ4v) is 7.10. The number of aromatic nitrogens is 2. The fraction of sp³-hybridized carbons (Fsp3) is 0.486. The van der Waals surface area contributed by atoms with Crippen molar-refractivity contribution in [2.45, 2.75) is 95.0 Å². The van der Waals surface area contributed by atoms with E-state index in [-0.39, 0.29) is 31.2 Å². The van der Waals surface area contributed by atoms with Crippen molar-refractivity contribution in [3.8, 4) is 16.5 Å². The summed E-state index contributed by atoms with van der Waals surface area (Å²) in [6, 6.07) is 9.27. The van der Waals surface area contributed by atoms with E-state index in [1.54, 1.807) is 20.8 Å². The molecule has 12 nitrogen and oxygen atoms in total. The summed E-state index contributed by atoms with van der Waals surface area (Å²) in [6.07, 6.45) is 6.18. The quantitative estimate of drug-likeness (QED) is 0.314. The molecule has 0 radical (unpaired) electrons. The molecule has 3 aliphatic rings. The number of allylic oxidation sites excluding steroid dienone is 1. The lowest BCUT2D eigenvalue weighted by Gasteiger charge is -2.30. The molecule has 3 aromatic rings. The molecule has 1 saturated carbocycles. The number of thiophene rings is 1. The van der Waals surface area contributed by atoms with Gasteiger partial charge < -0.3 is 30.1 Å². The molecule has 1 aromatic carbocycles. The molecule has 2 aromatic heterocycles. The number of carbonyl (C=O) groups excluding carboxylic acids is 3. The number of hydrogen-bond donors (Lipinski definition) is 3. The van der Waals surface area contributed by atoms with Gasteiger partial charge in [-0.3, -0.25) is 9.59 Å². The first-order valence-corrected chi connectivity index (χ1v) is 17.3. The zero-order chi connectivity index (χ0) is 34.1. The lowest BCUT2D eigenvalue weighted by atomic mass is 10.0. The number of aliphatic carboxylic acids is 1. The van der Waals surface area contributed by atoms with Gasteiger partial charge in [0.15, 0.2) is 0 Å². The lowest BCUT2D eigenvalue weighted by Crippen LogP contribution is -2.56. The Hall–Kier alpha value is -4.52. The average Bonchev–Trinajstić information content (AvgIpc) is 3.34. The maximum Gasteiger partial charge on any atom is 0.408 e. The third-order valence-electron chi connectivity index (χ3n) is 8.88. The third-order valence-corrected chi connectivity index (χ3v) is 9.76. The van der Waals surface area contributed by atoms with Crippen LogP contribution in [0.25, 0.3) is 21.6 Å². The molecule has 6 rings (SSSR count). The molecule has 3 amide bonds. The van der Waals surface area contributed by atoms with E-state index in [1.165, 1.54) is 16.2 Å². The zero-order valence-corrected chi connectivity index (χ0v) is 28.1. The van der Waals surface area contributed by atoms with Crippen LogP contribution in [0, 0.1) is 5.92 Å². The summed E-state index contributed by atoms with van der Waals surface area (Å²) in [5, 5.41) is 17.6. The highest BCUT2D eigenvalue weighted by Crippen LogP contribution is 2.45. The Labute approximate surface area is 282 Å². The zero-order valence-electron chi connectivity index (χ0n) is 27.3.